The summed E-state index contributed by atoms with van der Waals surface area (Å²) >= 11 is 0. The molecule has 0 radical (unpaired) electrons. The van der Waals surface area contributed by atoms with Gasteiger partial charge in [0.2, 0.25) is 0 Å². The van der Waals surface area contributed by atoms with Crippen LogP contribution in [0.25, 0.3) is 0 Å². The Labute approximate surface area is 144 Å². The van der Waals surface area contributed by atoms with Crippen molar-refractivity contribution < 1.29 is 4.79 Å². The molecule has 0 bridgehead atoms. The Kier molecular flexibility index (Phi) is 6.18. The molecule has 0 spiro atoms. The maximum absolute atomic E-state index is 12.4. The van der Waals surface area contributed by atoms with Crippen LogP contribution < -0.4 is 10.2 Å². The van der Waals surface area contributed by atoms with Crippen LogP contribution in [0, 0.1) is 0 Å². The molecule has 0 atom stereocenters. The Hall–Kier alpha value is -2.56. The third-order valence-electron chi connectivity index (χ3n) is 3.85. The van der Waals surface area contributed by atoms with Gasteiger partial charge in [0, 0.05) is 45.3 Å². The normalized spacial score (nSPS) is 10.3. The quantitative estimate of drug-likeness (QED) is 0.841. The molecule has 0 aliphatic carbocycles. The zero-order chi connectivity index (χ0) is 17.5. The van der Waals surface area contributed by atoms with Crippen molar-refractivity contribution in [3.8, 4) is 0 Å². The zero-order valence-corrected chi connectivity index (χ0v) is 14.9. The monoisotopic (exact) mass is 326 g/mol. The number of anilines is 3. The van der Waals surface area contributed by atoms with Crippen molar-refractivity contribution in [2.75, 3.05) is 37.9 Å². The zero-order valence-electron chi connectivity index (χ0n) is 14.9. The number of aromatic nitrogens is 1. The summed E-state index contributed by atoms with van der Waals surface area (Å²) in [6, 6.07) is 9.96. The molecule has 128 valence electrons. The first-order chi connectivity index (χ1) is 11.5. The molecule has 0 saturated carbocycles. The third-order valence-corrected chi connectivity index (χ3v) is 3.85. The lowest BCUT2D eigenvalue weighted by atomic mass is 10.2. The molecule has 0 unspecified atom stereocenters. The molecule has 0 aliphatic heterocycles. The number of unbranched alkanes of at least 4 members (excludes halogenated alkanes) is 1. The van der Waals surface area contributed by atoms with E-state index in [-0.39, 0.29) is 5.91 Å². The fourth-order valence-electron chi connectivity index (χ4n) is 2.35. The Morgan fingerprint density at radius 3 is 2.42 bits per heavy atom. The van der Waals surface area contributed by atoms with Crippen LogP contribution >= 0.6 is 0 Å². The molecule has 0 fully saturated rings. The van der Waals surface area contributed by atoms with Gasteiger partial charge >= 0.3 is 0 Å². The lowest BCUT2D eigenvalue weighted by Gasteiger charge is -2.17. The first kappa shape index (κ1) is 17.8. The minimum absolute atomic E-state index is 0.00237. The van der Waals surface area contributed by atoms with Gasteiger partial charge in [0.25, 0.3) is 5.91 Å². The van der Waals surface area contributed by atoms with E-state index in [0.29, 0.717) is 5.56 Å². The van der Waals surface area contributed by atoms with E-state index < -0.39 is 0 Å². The van der Waals surface area contributed by atoms with Crippen molar-refractivity contribution in [1.82, 2.24) is 9.88 Å². The van der Waals surface area contributed by atoms with Crippen LogP contribution in [0.2, 0.25) is 0 Å². The van der Waals surface area contributed by atoms with E-state index in [1.165, 1.54) is 0 Å². The van der Waals surface area contributed by atoms with Gasteiger partial charge in [0.15, 0.2) is 0 Å². The van der Waals surface area contributed by atoms with E-state index in [9.17, 15) is 4.79 Å². The number of nitrogens with one attached hydrogen (secondary N) is 1. The summed E-state index contributed by atoms with van der Waals surface area (Å²) < 4.78 is 0. The van der Waals surface area contributed by atoms with Crippen molar-refractivity contribution in [2.45, 2.75) is 19.8 Å². The van der Waals surface area contributed by atoms with Crippen LogP contribution in [0.4, 0.5) is 17.1 Å². The molecule has 0 saturated heterocycles. The lowest BCUT2D eigenvalue weighted by molar-refractivity contribution is 0.0793. The van der Waals surface area contributed by atoms with Gasteiger partial charge in [-0.3, -0.25) is 9.78 Å². The van der Waals surface area contributed by atoms with Gasteiger partial charge < -0.3 is 15.1 Å². The van der Waals surface area contributed by atoms with E-state index in [2.05, 4.69) is 22.1 Å². The molecule has 1 amide bonds. The summed E-state index contributed by atoms with van der Waals surface area (Å²) in [7, 11) is 5.85. The van der Waals surface area contributed by atoms with Crippen LogP contribution in [-0.2, 0) is 0 Å². The summed E-state index contributed by atoms with van der Waals surface area (Å²) in [4.78, 5) is 20.4. The summed E-state index contributed by atoms with van der Waals surface area (Å²) in [5, 5.41) is 3.30. The summed E-state index contributed by atoms with van der Waals surface area (Å²) in [6.45, 7) is 2.88. The van der Waals surface area contributed by atoms with Gasteiger partial charge in [0.1, 0.15) is 0 Å². The first-order valence-electron chi connectivity index (χ1n) is 8.26. The third kappa shape index (κ3) is 4.72. The molecular formula is C19H26N4O. The number of benzene rings is 1. The maximum Gasteiger partial charge on any atom is 0.255 e. The molecule has 5 nitrogen and oxygen atoms in total. The van der Waals surface area contributed by atoms with Gasteiger partial charge in [-0.2, -0.15) is 0 Å². The second-order valence-corrected chi connectivity index (χ2v) is 6.11. The minimum Gasteiger partial charge on any atom is -0.378 e. The SMILES string of the molecule is CCCCN(C)C(=O)c1cncc(Nc2ccc(N(C)C)cc2)c1. The molecule has 2 aromatic rings. The highest BCUT2D eigenvalue weighted by Crippen LogP contribution is 2.20. The standard InChI is InChI=1S/C19H26N4O/c1-5-6-11-23(4)19(24)15-12-17(14-20-13-15)21-16-7-9-18(10-8-16)22(2)3/h7-10,12-14,21H,5-6,11H2,1-4H3. The number of hydrogen-bond acceptors (Lipinski definition) is 4. The highest BCUT2D eigenvalue weighted by molar-refractivity contribution is 5.94. The number of amides is 1. The van der Waals surface area contributed by atoms with Gasteiger partial charge in [-0.15, -0.1) is 0 Å². The fraction of sp³-hybridized carbons (Fsp3) is 0.368. The largest absolute Gasteiger partial charge is 0.378 e. The Balaban J connectivity index is 2.08. The van der Waals surface area contributed by atoms with E-state index >= 15 is 0 Å². The van der Waals surface area contributed by atoms with Crippen molar-refractivity contribution >= 4 is 23.0 Å². The van der Waals surface area contributed by atoms with Crippen molar-refractivity contribution in [3.05, 3.63) is 48.3 Å². The molecule has 1 aromatic carbocycles. The van der Waals surface area contributed by atoms with Crippen molar-refractivity contribution in [2.24, 2.45) is 0 Å². The second-order valence-electron chi connectivity index (χ2n) is 6.11. The average Bonchev–Trinajstić information content (AvgIpc) is 2.59. The molecule has 1 aromatic heterocycles. The van der Waals surface area contributed by atoms with Crippen molar-refractivity contribution in [1.29, 1.82) is 0 Å². The van der Waals surface area contributed by atoms with Crippen LogP contribution in [0.3, 0.4) is 0 Å². The number of carbonyl (C=O) groups is 1. The van der Waals surface area contributed by atoms with Gasteiger partial charge in [-0.05, 0) is 36.8 Å². The van der Waals surface area contributed by atoms with Crippen LogP contribution in [0.1, 0.15) is 30.1 Å². The van der Waals surface area contributed by atoms with Crippen LogP contribution in [0.15, 0.2) is 42.7 Å². The molecule has 1 heterocycles. The lowest BCUT2D eigenvalue weighted by Crippen LogP contribution is -2.27. The number of rotatable bonds is 7. The Morgan fingerprint density at radius 2 is 1.79 bits per heavy atom. The van der Waals surface area contributed by atoms with Crippen molar-refractivity contribution in [3.63, 3.8) is 0 Å². The number of carbonyl (C=O) groups excluding carboxylic acids is 1. The predicted molar refractivity (Wildman–Crippen MR) is 100 cm³/mol. The van der Waals surface area contributed by atoms with E-state index in [1.807, 2.05) is 51.5 Å². The highest BCUT2D eigenvalue weighted by atomic mass is 16.2. The molecule has 0 aliphatic rings. The molecular weight excluding hydrogens is 300 g/mol. The molecule has 1 N–H and O–H groups in total. The van der Waals surface area contributed by atoms with Gasteiger partial charge in [-0.1, -0.05) is 13.3 Å². The van der Waals surface area contributed by atoms with Gasteiger partial charge in [0.05, 0.1) is 17.4 Å². The average molecular weight is 326 g/mol. The van der Waals surface area contributed by atoms with Crippen LogP contribution in [-0.4, -0.2) is 43.5 Å². The topological polar surface area (TPSA) is 48.5 Å². The summed E-state index contributed by atoms with van der Waals surface area (Å²) in [6.07, 6.45) is 5.42. The minimum atomic E-state index is 0.00237. The molecule has 2 rings (SSSR count). The first-order valence-corrected chi connectivity index (χ1v) is 8.26. The van der Waals surface area contributed by atoms with Crippen LogP contribution in [0.5, 0.6) is 0 Å². The maximum atomic E-state index is 12.4. The van der Waals surface area contributed by atoms with Gasteiger partial charge in [-0.25, -0.2) is 0 Å². The summed E-state index contributed by atoms with van der Waals surface area (Å²) in [5.74, 6) is 0.00237. The summed E-state index contributed by atoms with van der Waals surface area (Å²) in [5.41, 5.74) is 3.51. The molecule has 24 heavy (non-hydrogen) atoms. The van der Waals surface area contributed by atoms with E-state index in [1.54, 1.807) is 17.3 Å². The Bertz CT molecular complexity index is 667. The predicted octanol–water partition coefficient (Wildman–Crippen LogP) is 3.76. The van der Waals surface area contributed by atoms with E-state index in [0.717, 1.165) is 36.4 Å². The molecule has 5 heteroatoms. The Morgan fingerprint density at radius 1 is 1.08 bits per heavy atom. The number of pyridine rings is 1. The number of nitrogens with zero attached hydrogens (tertiary/aromatic N) is 3. The fourth-order valence-corrected chi connectivity index (χ4v) is 2.35. The second kappa shape index (κ2) is 8.34. The van der Waals surface area contributed by atoms with E-state index in [4.69, 9.17) is 0 Å². The number of hydrogen-bond donors (Lipinski definition) is 1. The highest BCUT2D eigenvalue weighted by Gasteiger charge is 2.12. The smallest absolute Gasteiger partial charge is 0.255 e.